The third-order valence-electron chi connectivity index (χ3n) is 3.40. The molecular weight excluding hydrogens is 301 g/mol. The Kier molecular flexibility index (Phi) is 5.87. The van der Waals surface area contributed by atoms with Crippen LogP contribution in [0.4, 0.5) is 4.39 Å². The Bertz CT molecular complexity index is 430. The van der Waals surface area contributed by atoms with E-state index >= 15 is 0 Å². The standard InChI is InChI=1S/C14H19ClFNS2/c1-2-12-14(19-7-6-18-12)11(17)8-9-4-3-5-10(15)13(9)16/h3-5,11-12,14H,2,6-8,17H2,1H3. The molecule has 3 atom stereocenters. The Labute approximate surface area is 127 Å². The summed E-state index contributed by atoms with van der Waals surface area (Å²) < 4.78 is 13.9. The van der Waals surface area contributed by atoms with Crippen molar-refractivity contribution in [3.8, 4) is 0 Å². The topological polar surface area (TPSA) is 26.0 Å². The Morgan fingerprint density at radius 1 is 1.42 bits per heavy atom. The van der Waals surface area contributed by atoms with Gasteiger partial charge in [0.25, 0.3) is 0 Å². The van der Waals surface area contributed by atoms with Gasteiger partial charge in [-0.3, -0.25) is 0 Å². The van der Waals surface area contributed by atoms with E-state index < -0.39 is 0 Å². The molecule has 0 radical (unpaired) electrons. The molecule has 0 amide bonds. The molecule has 1 heterocycles. The summed E-state index contributed by atoms with van der Waals surface area (Å²) in [4.78, 5) is 0. The summed E-state index contributed by atoms with van der Waals surface area (Å²) in [6, 6.07) is 5.12. The summed E-state index contributed by atoms with van der Waals surface area (Å²) in [6.45, 7) is 2.20. The summed E-state index contributed by atoms with van der Waals surface area (Å²) in [5.41, 5.74) is 6.95. The second-order valence-electron chi connectivity index (χ2n) is 4.73. The number of hydrogen-bond donors (Lipinski definition) is 1. The molecule has 1 aromatic rings. The number of halogens is 2. The molecule has 0 aromatic heterocycles. The number of rotatable bonds is 4. The second-order valence-corrected chi connectivity index (χ2v) is 7.77. The highest BCUT2D eigenvalue weighted by Gasteiger charge is 2.30. The van der Waals surface area contributed by atoms with Gasteiger partial charge in [0.15, 0.2) is 0 Å². The van der Waals surface area contributed by atoms with Gasteiger partial charge in [0.2, 0.25) is 0 Å². The molecule has 0 spiro atoms. The molecule has 0 bridgehead atoms. The van der Waals surface area contributed by atoms with Crippen LogP contribution in [0.3, 0.4) is 0 Å². The van der Waals surface area contributed by atoms with Crippen LogP contribution in [0.15, 0.2) is 18.2 Å². The van der Waals surface area contributed by atoms with Crippen molar-refractivity contribution in [2.45, 2.75) is 36.3 Å². The Morgan fingerprint density at radius 2 is 2.16 bits per heavy atom. The van der Waals surface area contributed by atoms with Crippen molar-refractivity contribution >= 4 is 35.1 Å². The lowest BCUT2D eigenvalue weighted by Crippen LogP contribution is -2.43. The van der Waals surface area contributed by atoms with E-state index in [0.717, 1.165) is 12.2 Å². The molecule has 0 aliphatic carbocycles. The molecule has 1 nitrogen and oxygen atoms in total. The molecule has 106 valence electrons. The second kappa shape index (κ2) is 7.21. The first kappa shape index (κ1) is 15.5. The molecule has 0 saturated carbocycles. The lowest BCUT2D eigenvalue weighted by molar-refractivity contribution is 0.562. The molecule has 5 heteroatoms. The predicted octanol–water partition coefficient (Wildman–Crippen LogP) is 3.98. The highest BCUT2D eigenvalue weighted by molar-refractivity contribution is 8.07. The molecule has 1 aliphatic rings. The summed E-state index contributed by atoms with van der Waals surface area (Å²) in [5, 5.41) is 1.17. The van der Waals surface area contributed by atoms with Gasteiger partial charge in [-0.05, 0) is 24.5 Å². The maximum Gasteiger partial charge on any atom is 0.145 e. The van der Waals surface area contributed by atoms with Crippen molar-refractivity contribution in [1.82, 2.24) is 0 Å². The van der Waals surface area contributed by atoms with Crippen LogP contribution in [0.5, 0.6) is 0 Å². The van der Waals surface area contributed by atoms with E-state index in [1.807, 2.05) is 23.5 Å². The van der Waals surface area contributed by atoms with E-state index in [1.54, 1.807) is 18.2 Å². The van der Waals surface area contributed by atoms with Crippen molar-refractivity contribution in [3.05, 3.63) is 34.6 Å². The fourth-order valence-corrected chi connectivity index (χ4v) is 5.80. The molecule has 1 aliphatic heterocycles. The third-order valence-corrected chi connectivity index (χ3v) is 7.12. The number of benzene rings is 1. The fraction of sp³-hybridized carbons (Fsp3) is 0.571. The van der Waals surface area contributed by atoms with Crippen LogP contribution in [0.25, 0.3) is 0 Å². The van der Waals surface area contributed by atoms with Gasteiger partial charge < -0.3 is 5.73 Å². The van der Waals surface area contributed by atoms with Crippen molar-refractivity contribution in [1.29, 1.82) is 0 Å². The first-order valence-corrected chi connectivity index (χ1v) is 9.02. The summed E-state index contributed by atoms with van der Waals surface area (Å²) >= 11 is 9.74. The van der Waals surface area contributed by atoms with E-state index in [-0.39, 0.29) is 16.9 Å². The Balaban J connectivity index is 2.07. The van der Waals surface area contributed by atoms with E-state index in [0.29, 0.717) is 22.5 Å². The minimum absolute atomic E-state index is 0.0179. The van der Waals surface area contributed by atoms with Crippen molar-refractivity contribution in [2.75, 3.05) is 11.5 Å². The van der Waals surface area contributed by atoms with Crippen LogP contribution in [-0.4, -0.2) is 28.0 Å². The zero-order valence-electron chi connectivity index (χ0n) is 10.9. The van der Waals surface area contributed by atoms with Crippen LogP contribution in [-0.2, 0) is 6.42 Å². The molecule has 2 rings (SSSR count). The van der Waals surface area contributed by atoms with E-state index in [1.165, 1.54) is 5.75 Å². The molecule has 3 unspecified atom stereocenters. The van der Waals surface area contributed by atoms with Gasteiger partial charge in [-0.2, -0.15) is 23.5 Å². The van der Waals surface area contributed by atoms with Gasteiger partial charge in [-0.1, -0.05) is 30.7 Å². The zero-order chi connectivity index (χ0) is 13.8. The summed E-state index contributed by atoms with van der Waals surface area (Å²) in [5.74, 6) is 2.01. The van der Waals surface area contributed by atoms with Crippen LogP contribution < -0.4 is 5.73 Å². The third kappa shape index (κ3) is 3.81. The van der Waals surface area contributed by atoms with Gasteiger partial charge in [0, 0.05) is 28.0 Å². The smallest absolute Gasteiger partial charge is 0.145 e. The summed E-state index contributed by atoms with van der Waals surface area (Å²) in [7, 11) is 0. The molecular formula is C14H19ClFNS2. The largest absolute Gasteiger partial charge is 0.326 e. The Hall–Kier alpha value is 0.1000. The normalized spacial score (nSPS) is 25.3. The lowest BCUT2D eigenvalue weighted by Gasteiger charge is -2.34. The highest BCUT2D eigenvalue weighted by Crippen LogP contribution is 2.35. The van der Waals surface area contributed by atoms with Crippen LogP contribution in [0, 0.1) is 5.82 Å². The number of nitrogens with two attached hydrogens (primary N) is 1. The predicted molar refractivity (Wildman–Crippen MR) is 85.9 cm³/mol. The fourth-order valence-electron chi connectivity index (χ4n) is 2.41. The molecule has 1 saturated heterocycles. The molecule has 19 heavy (non-hydrogen) atoms. The van der Waals surface area contributed by atoms with Gasteiger partial charge >= 0.3 is 0 Å². The average molecular weight is 320 g/mol. The maximum absolute atomic E-state index is 13.9. The maximum atomic E-state index is 13.9. The van der Waals surface area contributed by atoms with Crippen molar-refractivity contribution < 1.29 is 4.39 Å². The van der Waals surface area contributed by atoms with Crippen molar-refractivity contribution in [3.63, 3.8) is 0 Å². The molecule has 2 N–H and O–H groups in total. The monoisotopic (exact) mass is 319 g/mol. The van der Waals surface area contributed by atoms with Gasteiger partial charge in [-0.15, -0.1) is 0 Å². The average Bonchev–Trinajstić information content (AvgIpc) is 2.43. The van der Waals surface area contributed by atoms with Crippen LogP contribution in [0.1, 0.15) is 18.9 Å². The van der Waals surface area contributed by atoms with Crippen LogP contribution in [0.2, 0.25) is 5.02 Å². The first-order valence-electron chi connectivity index (χ1n) is 6.55. The van der Waals surface area contributed by atoms with Crippen molar-refractivity contribution in [2.24, 2.45) is 5.73 Å². The van der Waals surface area contributed by atoms with Crippen LogP contribution >= 0.6 is 35.1 Å². The van der Waals surface area contributed by atoms with E-state index in [2.05, 4.69) is 6.92 Å². The number of thioether (sulfide) groups is 2. The molecule has 1 fully saturated rings. The lowest BCUT2D eigenvalue weighted by atomic mass is 10.0. The minimum atomic E-state index is -0.318. The summed E-state index contributed by atoms with van der Waals surface area (Å²) in [6.07, 6.45) is 1.68. The highest BCUT2D eigenvalue weighted by atomic mass is 35.5. The quantitative estimate of drug-likeness (QED) is 0.909. The minimum Gasteiger partial charge on any atom is -0.326 e. The van der Waals surface area contributed by atoms with Gasteiger partial charge in [0.1, 0.15) is 5.82 Å². The van der Waals surface area contributed by atoms with Gasteiger partial charge in [0.05, 0.1) is 5.02 Å². The van der Waals surface area contributed by atoms with Gasteiger partial charge in [-0.25, -0.2) is 4.39 Å². The molecule has 1 aromatic carbocycles. The first-order chi connectivity index (χ1) is 9.13. The SMILES string of the molecule is CCC1SCCSC1C(N)Cc1cccc(Cl)c1F. The zero-order valence-corrected chi connectivity index (χ0v) is 13.3. The number of hydrogen-bond acceptors (Lipinski definition) is 3. The van der Waals surface area contributed by atoms with E-state index in [9.17, 15) is 4.39 Å². The van der Waals surface area contributed by atoms with E-state index in [4.69, 9.17) is 17.3 Å². The Morgan fingerprint density at radius 3 is 2.89 bits per heavy atom.